The number of hydrogen-bond donors (Lipinski definition) is 0. The van der Waals surface area contributed by atoms with Crippen LogP contribution in [-0.2, 0) is 14.9 Å². The summed E-state index contributed by atoms with van der Waals surface area (Å²) in [6.45, 7) is 12.1. The molecule has 0 aliphatic heterocycles. The third-order valence-corrected chi connectivity index (χ3v) is 4.60. The minimum atomic E-state index is -0.836. The van der Waals surface area contributed by atoms with Gasteiger partial charge in [-0.3, -0.25) is 4.79 Å². The van der Waals surface area contributed by atoms with Gasteiger partial charge in [0.15, 0.2) is 5.78 Å². The summed E-state index contributed by atoms with van der Waals surface area (Å²) >= 11 is 0. The monoisotopic (exact) mass is 366 g/mol. The summed E-state index contributed by atoms with van der Waals surface area (Å²) in [6.07, 6.45) is 3.38. The lowest BCUT2D eigenvalue weighted by molar-refractivity contribution is -0.125. The van der Waals surface area contributed by atoms with Gasteiger partial charge in [-0.15, -0.1) is 6.58 Å². The average Bonchev–Trinajstić information content (AvgIpc) is 2.64. The molecule has 0 spiro atoms. The zero-order chi connectivity index (χ0) is 20.0. The fourth-order valence-electron chi connectivity index (χ4n) is 3.35. The maximum Gasteiger partial charge on any atom is 0.193 e. The molecule has 0 N–H and O–H groups in total. The van der Waals surface area contributed by atoms with Gasteiger partial charge in [0, 0.05) is 6.42 Å². The van der Waals surface area contributed by atoms with E-state index < -0.39 is 5.41 Å². The van der Waals surface area contributed by atoms with Crippen LogP contribution >= 0.6 is 0 Å². The van der Waals surface area contributed by atoms with Crippen LogP contribution in [0.4, 0.5) is 0 Å². The standard InChI is InChI=1S/C24H30O3/c1-7-8-9-10-11-21-22(25)24(16-17(2)3,23(21)27-18(4)5)19-12-14-20(26-6)15-13-19/h12-15,18H,2,7-9,16H2,1,3-6H3. The van der Waals surface area contributed by atoms with Gasteiger partial charge in [0.25, 0.3) is 0 Å². The van der Waals surface area contributed by atoms with E-state index in [0.29, 0.717) is 17.8 Å². The molecule has 1 aromatic carbocycles. The lowest BCUT2D eigenvalue weighted by Crippen LogP contribution is -2.49. The van der Waals surface area contributed by atoms with Crippen LogP contribution < -0.4 is 4.74 Å². The molecule has 0 fully saturated rings. The van der Waals surface area contributed by atoms with Crippen molar-refractivity contribution in [1.82, 2.24) is 0 Å². The molecule has 27 heavy (non-hydrogen) atoms. The van der Waals surface area contributed by atoms with Crippen molar-refractivity contribution < 1.29 is 14.3 Å². The first-order valence-corrected chi connectivity index (χ1v) is 9.60. The number of Topliss-reactive ketones (excluding diaryl/α,β-unsaturated/α-hetero) is 1. The Labute approximate surface area is 163 Å². The molecule has 0 saturated heterocycles. The van der Waals surface area contributed by atoms with E-state index in [1.165, 1.54) is 0 Å². The van der Waals surface area contributed by atoms with Crippen LogP contribution in [0, 0.1) is 11.8 Å². The largest absolute Gasteiger partial charge is 0.497 e. The Bertz CT molecular complexity index is 787. The van der Waals surface area contributed by atoms with Gasteiger partial charge in [-0.1, -0.05) is 42.9 Å². The Kier molecular flexibility index (Phi) is 6.91. The summed E-state index contributed by atoms with van der Waals surface area (Å²) < 4.78 is 11.4. The maximum absolute atomic E-state index is 13.3. The molecular weight excluding hydrogens is 336 g/mol. The van der Waals surface area contributed by atoms with Gasteiger partial charge in [0.05, 0.1) is 13.2 Å². The molecule has 1 aromatic rings. The second-order valence-electron chi connectivity index (χ2n) is 7.37. The highest BCUT2D eigenvalue weighted by atomic mass is 16.5. The fourth-order valence-corrected chi connectivity index (χ4v) is 3.35. The highest BCUT2D eigenvalue weighted by Crippen LogP contribution is 2.50. The molecule has 0 radical (unpaired) electrons. The Morgan fingerprint density at radius 2 is 1.93 bits per heavy atom. The highest BCUT2D eigenvalue weighted by molar-refractivity contribution is 6.16. The lowest BCUT2D eigenvalue weighted by Gasteiger charge is -2.43. The Morgan fingerprint density at radius 3 is 2.44 bits per heavy atom. The van der Waals surface area contributed by atoms with E-state index >= 15 is 0 Å². The summed E-state index contributed by atoms with van der Waals surface area (Å²) in [5, 5.41) is 0. The van der Waals surface area contributed by atoms with Crippen molar-refractivity contribution in [3.8, 4) is 17.6 Å². The molecule has 2 rings (SSSR count). The molecule has 0 amide bonds. The van der Waals surface area contributed by atoms with E-state index in [-0.39, 0.29) is 11.9 Å². The second-order valence-corrected chi connectivity index (χ2v) is 7.37. The minimum absolute atomic E-state index is 0.0234. The third kappa shape index (κ3) is 4.27. The topological polar surface area (TPSA) is 35.5 Å². The molecule has 144 valence electrons. The predicted octanol–water partition coefficient (Wildman–Crippen LogP) is 5.35. The van der Waals surface area contributed by atoms with Crippen LogP contribution in [0.1, 0.15) is 58.9 Å². The van der Waals surface area contributed by atoms with Gasteiger partial charge in [0.1, 0.15) is 22.5 Å². The van der Waals surface area contributed by atoms with Crippen molar-refractivity contribution in [3.05, 3.63) is 53.3 Å². The quantitative estimate of drug-likeness (QED) is 0.353. The number of methoxy groups -OCH3 is 1. The van der Waals surface area contributed by atoms with E-state index in [2.05, 4.69) is 25.3 Å². The Morgan fingerprint density at radius 1 is 1.26 bits per heavy atom. The number of allylic oxidation sites excluding steroid dienone is 3. The van der Waals surface area contributed by atoms with Crippen LogP contribution in [0.15, 0.2) is 47.7 Å². The molecule has 0 aromatic heterocycles. The Balaban J connectivity index is 2.55. The van der Waals surface area contributed by atoms with Crippen molar-refractivity contribution >= 4 is 5.78 Å². The van der Waals surface area contributed by atoms with E-state index in [1.54, 1.807) is 7.11 Å². The maximum atomic E-state index is 13.3. The molecular formula is C24H30O3. The van der Waals surface area contributed by atoms with Gasteiger partial charge in [-0.2, -0.15) is 0 Å². The summed E-state index contributed by atoms with van der Waals surface area (Å²) in [5.74, 6) is 7.67. The normalized spacial score (nSPS) is 18.7. The lowest BCUT2D eigenvalue weighted by atomic mass is 9.60. The highest BCUT2D eigenvalue weighted by Gasteiger charge is 2.56. The number of ether oxygens (including phenoxy) is 2. The summed E-state index contributed by atoms with van der Waals surface area (Å²) in [5.41, 5.74) is 1.50. The molecule has 3 nitrogen and oxygen atoms in total. The van der Waals surface area contributed by atoms with Gasteiger partial charge in [0.2, 0.25) is 0 Å². The van der Waals surface area contributed by atoms with Crippen molar-refractivity contribution in [2.75, 3.05) is 7.11 Å². The first-order valence-electron chi connectivity index (χ1n) is 9.60. The van der Waals surface area contributed by atoms with E-state index in [9.17, 15) is 4.79 Å². The second kappa shape index (κ2) is 8.95. The van der Waals surface area contributed by atoms with Gasteiger partial charge in [-0.05, 0) is 51.3 Å². The minimum Gasteiger partial charge on any atom is -0.497 e. The van der Waals surface area contributed by atoms with Crippen LogP contribution in [-0.4, -0.2) is 19.0 Å². The molecule has 0 bridgehead atoms. The first kappa shape index (κ1) is 20.8. The summed E-state index contributed by atoms with van der Waals surface area (Å²) in [4.78, 5) is 13.3. The van der Waals surface area contributed by atoms with Crippen molar-refractivity contribution in [1.29, 1.82) is 0 Å². The number of ketones is 1. The number of rotatable bonds is 8. The molecule has 0 saturated carbocycles. The van der Waals surface area contributed by atoms with Gasteiger partial charge < -0.3 is 9.47 Å². The molecule has 0 heterocycles. The SMILES string of the molecule is C=C(C)CC1(c2ccc(OC)cc2)C(=O)C(C#CCCCC)=C1OC(C)C. The van der Waals surface area contributed by atoms with Crippen LogP contribution in [0.3, 0.4) is 0 Å². The summed E-state index contributed by atoms with van der Waals surface area (Å²) in [6, 6.07) is 7.62. The zero-order valence-electron chi connectivity index (χ0n) is 17.1. The first-order chi connectivity index (χ1) is 12.9. The molecule has 1 atom stereocenters. The number of carbonyl (C=O) groups excluding carboxylic acids is 1. The van der Waals surface area contributed by atoms with E-state index in [4.69, 9.17) is 9.47 Å². The zero-order valence-corrected chi connectivity index (χ0v) is 17.1. The van der Waals surface area contributed by atoms with Crippen molar-refractivity contribution in [2.45, 2.75) is 64.9 Å². The number of unbranched alkanes of at least 4 members (excludes halogenated alkanes) is 2. The van der Waals surface area contributed by atoms with Crippen LogP contribution in [0.25, 0.3) is 0 Å². The smallest absolute Gasteiger partial charge is 0.193 e. The summed E-state index contributed by atoms with van der Waals surface area (Å²) in [7, 11) is 1.63. The Hall–Kier alpha value is -2.47. The molecule has 1 aliphatic carbocycles. The van der Waals surface area contributed by atoms with Gasteiger partial charge in [-0.25, -0.2) is 0 Å². The number of hydrogen-bond acceptors (Lipinski definition) is 3. The van der Waals surface area contributed by atoms with Crippen LogP contribution in [0.2, 0.25) is 0 Å². The molecule has 1 unspecified atom stereocenters. The average molecular weight is 367 g/mol. The van der Waals surface area contributed by atoms with Crippen LogP contribution in [0.5, 0.6) is 5.75 Å². The third-order valence-electron chi connectivity index (χ3n) is 4.60. The van der Waals surface area contributed by atoms with E-state index in [1.807, 2.05) is 45.0 Å². The molecule has 1 aliphatic rings. The van der Waals surface area contributed by atoms with Crippen molar-refractivity contribution in [3.63, 3.8) is 0 Å². The number of carbonyl (C=O) groups is 1. The number of benzene rings is 1. The van der Waals surface area contributed by atoms with Crippen molar-refractivity contribution in [2.24, 2.45) is 0 Å². The van der Waals surface area contributed by atoms with E-state index in [0.717, 1.165) is 36.1 Å². The fraction of sp³-hybridized carbons (Fsp3) is 0.458. The van der Waals surface area contributed by atoms with Gasteiger partial charge >= 0.3 is 0 Å². The molecule has 3 heteroatoms. The predicted molar refractivity (Wildman–Crippen MR) is 110 cm³/mol.